The van der Waals surface area contributed by atoms with E-state index in [9.17, 15) is 9.90 Å². The monoisotopic (exact) mass is 373 g/mol. The summed E-state index contributed by atoms with van der Waals surface area (Å²) in [5.41, 5.74) is 2.11. The number of carbonyl (C=O) groups is 1. The van der Waals surface area contributed by atoms with Gasteiger partial charge in [-0.3, -0.25) is 0 Å². The van der Waals surface area contributed by atoms with Crippen LogP contribution in [-0.2, 0) is 6.42 Å². The number of aliphatic hydroxyl groups excluding tert-OH is 1. The maximum absolute atomic E-state index is 12.5. The fourth-order valence-electron chi connectivity index (χ4n) is 3.20. The van der Waals surface area contributed by atoms with E-state index >= 15 is 0 Å². The van der Waals surface area contributed by atoms with Crippen LogP contribution in [0, 0.1) is 0 Å². The Labute approximate surface area is 159 Å². The van der Waals surface area contributed by atoms with Crippen molar-refractivity contribution in [3.8, 4) is 11.4 Å². The van der Waals surface area contributed by atoms with Crippen molar-refractivity contribution in [3.05, 3.63) is 35.7 Å². The predicted octanol–water partition coefficient (Wildman–Crippen LogP) is 1.68. The van der Waals surface area contributed by atoms with E-state index in [4.69, 9.17) is 4.52 Å². The lowest BCUT2D eigenvalue weighted by Crippen LogP contribution is -2.41. The number of carbonyl (C=O) groups excluding carboxylic acids is 1. The van der Waals surface area contributed by atoms with E-state index in [0.717, 1.165) is 12.0 Å². The van der Waals surface area contributed by atoms with Gasteiger partial charge < -0.3 is 24.7 Å². The predicted molar refractivity (Wildman–Crippen MR) is 101 cm³/mol. The van der Waals surface area contributed by atoms with Crippen LogP contribution in [0.15, 0.2) is 28.8 Å². The zero-order valence-electron chi connectivity index (χ0n) is 16.2. The second-order valence-electron chi connectivity index (χ2n) is 7.18. The number of benzene rings is 1. The van der Waals surface area contributed by atoms with Crippen molar-refractivity contribution in [2.75, 3.05) is 27.2 Å². The molecule has 3 atom stereocenters. The maximum atomic E-state index is 12.5. The largest absolute Gasteiger partial charge is 0.390 e. The first-order chi connectivity index (χ1) is 12.9. The molecule has 1 saturated heterocycles. The average molecular weight is 373 g/mol. The smallest absolute Gasteiger partial charge is 0.318 e. The molecule has 0 aliphatic carbocycles. The SMILES string of the molecule is CCc1ccc(-c2noc(C(C)NC(=O)N3C[C@H](O)[C@@H](N(C)C)C3)n2)cc1. The van der Waals surface area contributed by atoms with E-state index in [1.807, 2.05) is 43.3 Å². The van der Waals surface area contributed by atoms with Crippen LogP contribution in [0.3, 0.4) is 0 Å². The first-order valence-corrected chi connectivity index (χ1v) is 9.22. The van der Waals surface area contributed by atoms with E-state index in [0.29, 0.717) is 24.8 Å². The number of amides is 2. The molecule has 27 heavy (non-hydrogen) atoms. The number of aryl methyl sites for hydroxylation is 1. The minimum atomic E-state index is -0.554. The van der Waals surface area contributed by atoms with Gasteiger partial charge in [0.1, 0.15) is 6.04 Å². The van der Waals surface area contributed by atoms with Gasteiger partial charge in [0.15, 0.2) is 0 Å². The number of urea groups is 1. The van der Waals surface area contributed by atoms with Gasteiger partial charge in [0.05, 0.1) is 12.1 Å². The van der Waals surface area contributed by atoms with Gasteiger partial charge >= 0.3 is 6.03 Å². The Morgan fingerprint density at radius 1 is 1.37 bits per heavy atom. The summed E-state index contributed by atoms with van der Waals surface area (Å²) in [6.07, 6.45) is 0.419. The molecule has 3 rings (SSSR count). The Hall–Kier alpha value is -2.45. The van der Waals surface area contributed by atoms with Crippen molar-refractivity contribution in [3.63, 3.8) is 0 Å². The topological polar surface area (TPSA) is 94.7 Å². The third-order valence-electron chi connectivity index (χ3n) is 4.98. The lowest BCUT2D eigenvalue weighted by atomic mass is 10.1. The van der Waals surface area contributed by atoms with Crippen LogP contribution < -0.4 is 5.32 Å². The Morgan fingerprint density at radius 3 is 2.67 bits per heavy atom. The van der Waals surface area contributed by atoms with Gasteiger partial charge in [-0.2, -0.15) is 4.98 Å². The Kier molecular flexibility index (Phi) is 5.76. The first kappa shape index (κ1) is 19.3. The number of hydrogen-bond acceptors (Lipinski definition) is 6. The second kappa shape index (κ2) is 8.06. The normalized spacial score (nSPS) is 20.9. The lowest BCUT2D eigenvalue weighted by molar-refractivity contribution is 0.113. The van der Waals surface area contributed by atoms with Crippen LogP contribution in [0.5, 0.6) is 0 Å². The minimum absolute atomic E-state index is 0.0628. The molecular formula is C19H27N5O3. The van der Waals surface area contributed by atoms with Crippen LogP contribution in [0.2, 0.25) is 0 Å². The van der Waals surface area contributed by atoms with Crippen LogP contribution in [0.1, 0.15) is 31.3 Å². The molecule has 0 bridgehead atoms. The molecule has 0 radical (unpaired) electrons. The number of aromatic nitrogens is 2. The van der Waals surface area contributed by atoms with Gasteiger partial charge in [-0.25, -0.2) is 4.79 Å². The molecule has 0 saturated carbocycles. The number of nitrogens with one attached hydrogen (secondary N) is 1. The highest BCUT2D eigenvalue weighted by atomic mass is 16.5. The quantitative estimate of drug-likeness (QED) is 0.828. The summed E-state index contributed by atoms with van der Waals surface area (Å²) in [5, 5.41) is 17.0. The van der Waals surface area contributed by atoms with Gasteiger partial charge in [0.25, 0.3) is 0 Å². The molecule has 2 amide bonds. The fraction of sp³-hybridized carbons (Fsp3) is 0.526. The highest BCUT2D eigenvalue weighted by Crippen LogP contribution is 2.20. The molecule has 0 spiro atoms. The molecule has 1 aliphatic rings. The number of nitrogens with zero attached hydrogens (tertiary/aromatic N) is 4. The molecule has 2 aromatic rings. The summed E-state index contributed by atoms with van der Waals surface area (Å²) >= 11 is 0. The van der Waals surface area contributed by atoms with E-state index in [2.05, 4.69) is 22.4 Å². The van der Waals surface area contributed by atoms with Crippen LogP contribution in [0.4, 0.5) is 4.79 Å². The van der Waals surface area contributed by atoms with Crippen molar-refractivity contribution in [2.45, 2.75) is 38.5 Å². The molecule has 1 unspecified atom stereocenters. The summed E-state index contributed by atoms with van der Waals surface area (Å²) in [4.78, 5) is 20.4. The van der Waals surface area contributed by atoms with Crippen LogP contribution in [-0.4, -0.2) is 70.4 Å². The Bertz CT molecular complexity index is 774. The molecule has 1 aliphatic heterocycles. The molecular weight excluding hydrogens is 346 g/mol. The minimum Gasteiger partial charge on any atom is -0.390 e. The van der Waals surface area contributed by atoms with Crippen LogP contribution >= 0.6 is 0 Å². The van der Waals surface area contributed by atoms with Crippen LogP contribution in [0.25, 0.3) is 11.4 Å². The highest BCUT2D eigenvalue weighted by molar-refractivity contribution is 5.75. The van der Waals surface area contributed by atoms with E-state index in [1.165, 1.54) is 5.56 Å². The number of hydrogen-bond donors (Lipinski definition) is 2. The molecule has 1 fully saturated rings. The highest BCUT2D eigenvalue weighted by Gasteiger charge is 2.35. The summed E-state index contributed by atoms with van der Waals surface area (Å²) < 4.78 is 5.33. The number of aliphatic hydroxyl groups is 1. The number of likely N-dealkylation sites (N-methyl/N-ethyl adjacent to an activating group) is 1. The molecule has 2 N–H and O–H groups in total. The summed E-state index contributed by atoms with van der Waals surface area (Å²) in [5.74, 6) is 0.847. The summed E-state index contributed by atoms with van der Waals surface area (Å²) in [6.45, 7) is 4.68. The Morgan fingerprint density at radius 2 is 2.07 bits per heavy atom. The van der Waals surface area contributed by atoms with E-state index < -0.39 is 12.1 Å². The maximum Gasteiger partial charge on any atom is 0.318 e. The third kappa shape index (κ3) is 4.28. The molecule has 1 aromatic carbocycles. The summed E-state index contributed by atoms with van der Waals surface area (Å²) in [6, 6.07) is 7.26. The molecule has 1 aromatic heterocycles. The van der Waals surface area contributed by atoms with Gasteiger partial charge in [0.2, 0.25) is 11.7 Å². The molecule has 146 valence electrons. The van der Waals surface area contributed by atoms with Crippen molar-refractivity contribution >= 4 is 6.03 Å². The van der Waals surface area contributed by atoms with E-state index in [-0.39, 0.29) is 12.1 Å². The Balaban J connectivity index is 1.62. The molecule has 8 nitrogen and oxygen atoms in total. The fourth-order valence-corrected chi connectivity index (χ4v) is 3.20. The van der Waals surface area contributed by atoms with Gasteiger partial charge in [-0.05, 0) is 33.0 Å². The van der Waals surface area contributed by atoms with Gasteiger partial charge in [0, 0.05) is 18.7 Å². The second-order valence-corrected chi connectivity index (χ2v) is 7.18. The van der Waals surface area contributed by atoms with Gasteiger partial charge in [-0.15, -0.1) is 0 Å². The zero-order valence-corrected chi connectivity index (χ0v) is 16.2. The van der Waals surface area contributed by atoms with Crippen molar-refractivity contribution in [1.82, 2.24) is 25.3 Å². The molecule has 8 heteroatoms. The number of β-amino-alcohol motifs (C(OH)–C–C–N with tert-alkyl or cyclic N) is 1. The number of likely N-dealkylation sites (tertiary alicyclic amines) is 1. The van der Waals surface area contributed by atoms with Crippen molar-refractivity contribution in [1.29, 1.82) is 0 Å². The third-order valence-corrected chi connectivity index (χ3v) is 4.98. The lowest BCUT2D eigenvalue weighted by Gasteiger charge is -2.22. The van der Waals surface area contributed by atoms with E-state index in [1.54, 1.807) is 11.8 Å². The first-order valence-electron chi connectivity index (χ1n) is 9.22. The zero-order chi connectivity index (χ0) is 19.6. The molecule has 2 heterocycles. The van der Waals surface area contributed by atoms with Crippen molar-refractivity contribution < 1.29 is 14.4 Å². The standard InChI is InChI=1S/C19H27N5O3/c1-5-13-6-8-14(9-7-13)17-21-18(27-22-17)12(2)20-19(26)24-10-15(23(3)4)16(25)11-24/h6-9,12,15-16,25H,5,10-11H2,1-4H3,(H,20,26)/t12?,15-,16-/m0/s1. The summed E-state index contributed by atoms with van der Waals surface area (Å²) in [7, 11) is 3.79. The average Bonchev–Trinajstić information content (AvgIpc) is 3.29. The van der Waals surface area contributed by atoms with Gasteiger partial charge in [-0.1, -0.05) is 36.3 Å². The van der Waals surface area contributed by atoms with Crippen molar-refractivity contribution in [2.24, 2.45) is 0 Å². The number of rotatable bonds is 5.